The van der Waals surface area contributed by atoms with E-state index >= 15 is 0 Å². The zero-order chi connectivity index (χ0) is 21.7. The van der Waals surface area contributed by atoms with Crippen molar-refractivity contribution in [1.82, 2.24) is 4.90 Å². The standard InChI is InChI=1S/C21H27N3O4S2/c1-15(25)22-20-14-19(8-9-21(20)29-3)30(26,27)23-16-4-6-17(7-5-16)28-18-10-12-24(2)13-11-18/h4-9,14,18,23H,10-13H2,1-3H3,(H,22,25). The van der Waals surface area contributed by atoms with Crippen LogP contribution >= 0.6 is 11.8 Å². The van der Waals surface area contributed by atoms with Crippen LogP contribution in [0.15, 0.2) is 52.3 Å². The summed E-state index contributed by atoms with van der Waals surface area (Å²) in [7, 11) is -1.70. The van der Waals surface area contributed by atoms with Gasteiger partial charge in [0.05, 0.1) is 10.6 Å². The van der Waals surface area contributed by atoms with Gasteiger partial charge in [0.25, 0.3) is 10.0 Å². The summed E-state index contributed by atoms with van der Waals surface area (Å²) in [4.78, 5) is 14.6. The molecule has 0 unspecified atom stereocenters. The molecule has 0 bridgehead atoms. The lowest BCUT2D eigenvalue weighted by atomic mass is 10.1. The van der Waals surface area contributed by atoms with Gasteiger partial charge in [0.1, 0.15) is 11.9 Å². The number of hydrogen-bond donors (Lipinski definition) is 2. The number of anilines is 2. The zero-order valence-electron chi connectivity index (χ0n) is 17.3. The number of carbonyl (C=O) groups is 1. The van der Waals surface area contributed by atoms with Crippen LogP contribution in [0.1, 0.15) is 19.8 Å². The molecule has 0 spiro atoms. The Morgan fingerprint density at radius 2 is 1.80 bits per heavy atom. The second-order valence-corrected chi connectivity index (χ2v) is 9.82. The summed E-state index contributed by atoms with van der Waals surface area (Å²) < 4.78 is 34.2. The van der Waals surface area contributed by atoms with E-state index in [9.17, 15) is 13.2 Å². The van der Waals surface area contributed by atoms with E-state index < -0.39 is 10.0 Å². The highest BCUT2D eigenvalue weighted by Gasteiger charge is 2.19. The van der Waals surface area contributed by atoms with Gasteiger partial charge in [-0.15, -0.1) is 11.8 Å². The summed E-state index contributed by atoms with van der Waals surface area (Å²) in [6.45, 7) is 3.41. The normalized spacial score (nSPS) is 15.6. The molecule has 0 radical (unpaired) electrons. The molecule has 0 atom stereocenters. The molecule has 1 aliphatic rings. The van der Waals surface area contributed by atoms with Crippen molar-refractivity contribution >= 4 is 39.1 Å². The van der Waals surface area contributed by atoms with Gasteiger partial charge in [-0.05, 0) is 68.6 Å². The molecule has 1 saturated heterocycles. The van der Waals surface area contributed by atoms with Crippen molar-refractivity contribution in [3.05, 3.63) is 42.5 Å². The highest BCUT2D eigenvalue weighted by Crippen LogP contribution is 2.29. The lowest BCUT2D eigenvalue weighted by molar-refractivity contribution is -0.114. The number of hydrogen-bond acceptors (Lipinski definition) is 6. The smallest absolute Gasteiger partial charge is 0.261 e. The van der Waals surface area contributed by atoms with Crippen molar-refractivity contribution in [2.24, 2.45) is 0 Å². The molecule has 30 heavy (non-hydrogen) atoms. The zero-order valence-corrected chi connectivity index (χ0v) is 19.0. The minimum atomic E-state index is -3.80. The number of benzene rings is 2. The Morgan fingerprint density at radius 1 is 1.13 bits per heavy atom. The molecule has 2 aromatic carbocycles. The Labute approximate surface area is 182 Å². The van der Waals surface area contributed by atoms with Crippen molar-refractivity contribution in [3.63, 3.8) is 0 Å². The van der Waals surface area contributed by atoms with Gasteiger partial charge in [-0.2, -0.15) is 0 Å². The van der Waals surface area contributed by atoms with Gasteiger partial charge in [-0.3, -0.25) is 9.52 Å². The fourth-order valence-corrected chi connectivity index (χ4v) is 4.87. The number of likely N-dealkylation sites (tertiary alicyclic amines) is 1. The number of piperidine rings is 1. The molecule has 1 fully saturated rings. The highest BCUT2D eigenvalue weighted by atomic mass is 32.2. The molecule has 1 heterocycles. The van der Waals surface area contributed by atoms with Crippen LogP contribution in [-0.4, -0.2) is 51.7 Å². The van der Waals surface area contributed by atoms with E-state index in [0.717, 1.165) is 36.6 Å². The fourth-order valence-electron chi connectivity index (χ4n) is 3.25. The van der Waals surface area contributed by atoms with E-state index in [1.54, 1.807) is 30.3 Å². The maximum Gasteiger partial charge on any atom is 0.261 e. The van der Waals surface area contributed by atoms with Gasteiger partial charge in [0.15, 0.2) is 0 Å². The summed E-state index contributed by atoms with van der Waals surface area (Å²) in [6, 6.07) is 11.6. The van der Waals surface area contributed by atoms with Gasteiger partial charge < -0.3 is 15.0 Å². The molecule has 7 nitrogen and oxygen atoms in total. The predicted molar refractivity (Wildman–Crippen MR) is 121 cm³/mol. The predicted octanol–water partition coefficient (Wildman–Crippen LogP) is 3.64. The minimum Gasteiger partial charge on any atom is -0.490 e. The number of sulfonamides is 1. The van der Waals surface area contributed by atoms with Crippen LogP contribution in [0.2, 0.25) is 0 Å². The number of carbonyl (C=O) groups excluding carboxylic acids is 1. The number of ether oxygens (including phenoxy) is 1. The first-order valence-corrected chi connectivity index (χ1v) is 12.4. The summed E-state index contributed by atoms with van der Waals surface area (Å²) in [6.07, 6.45) is 4.01. The lowest BCUT2D eigenvalue weighted by Gasteiger charge is -2.29. The molecular formula is C21H27N3O4S2. The Morgan fingerprint density at radius 3 is 2.40 bits per heavy atom. The van der Waals surface area contributed by atoms with Crippen LogP contribution in [0.25, 0.3) is 0 Å². The van der Waals surface area contributed by atoms with Crippen molar-refractivity contribution < 1.29 is 17.9 Å². The number of rotatable bonds is 7. The third-order valence-corrected chi connectivity index (χ3v) is 7.04. The molecule has 1 amide bonds. The van der Waals surface area contributed by atoms with Gasteiger partial charge in [0.2, 0.25) is 5.91 Å². The van der Waals surface area contributed by atoms with Crippen LogP contribution < -0.4 is 14.8 Å². The van der Waals surface area contributed by atoms with Crippen LogP contribution in [-0.2, 0) is 14.8 Å². The molecule has 3 rings (SSSR count). The molecule has 1 aliphatic heterocycles. The second kappa shape index (κ2) is 9.72. The molecular weight excluding hydrogens is 422 g/mol. The average molecular weight is 450 g/mol. The number of nitrogens with zero attached hydrogens (tertiary/aromatic N) is 1. The van der Waals surface area contributed by atoms with Crippen LogP contribution in [0.5, 0.6) is 5.75 Å². The van der Waals surface area contributed by atoms with Crippen molar-refractivity contribution in [3.8, 4) is 5.75 Å². The van der Waals surface area contributed by atoms with Gasteiger partial charge in [0, 0.05) is 30.6 Å². The first-order valence-electron chi connectivity index (χ1n) is 9.70. The SMILES string of the molecule is CSc1ccc(S(=O)(=O)Nc2ccc(OC3CCN(C)CC3)cc2)cc1NC(C)=O. The van der Waals surface area contributed by atoms with E-state index in [1.165, 1.54) is 30.8 Å². The van der Waals surface area contributed by atoms with Gasteiger partial charge in [-0.25, -0.2) is 8.42 Å². The Kier molecular flexibility index (Phi) is 7.27. The molecule has 0 aliphatic carbocycles. The molecule has 0 aromatic heterocycles. The number of amides is 1. The third kappa shape index (κ3) is 5.90. The van der Waals surface area contributed by atoms with Crippen molar-refractivity contribution in [2.75, 3.05) is 36.4 Å². The quantitative estimate of drug-likeness (QED) is 0.628. The molecule has 162 valence electrons. The van der Waals surface area contributed by atoms with E-state index in [0.29, 0.717) is 11.4 Å². The Hall–Kier alpha value is -2.23. The van der Waals surface area contributed by atoms with Crippen LogP contribution in [0.4, 0.5) is 11.4 Å². The number of nitrogens with one attached hydrogen (secondary N) is 2. The molecule has 2 N–H and O–H groups in total. The summed E-state index contributed by atoms with van der Waals surface area (Å²) in [5.74, 6) is 0.470. The Balaban J connectivity index is 1.70. The lowest BCUT2D eigenvalue weighted by Crippen LogP contribution is -2.35. The van der Waals surface area contributed by atoms with Crippen molar-refractivity contribution in [1.29, 1.82) is 0 Å². The first-order chi connectivity index (χ1) is 14.3. The second-order valence-electron chi connectivity index (χ2n) is 7.29. The van der Waals surface area contributed by atoms with Crippen LogP contribution in [0, 0.1) is 0 Å². The highest BCUT2D eigenvalue weighted by molar-refractivity contribution is 7.98. The molecule has 9 heteroatoms. The van der Waals surface area contributed by atoms with Gasteiger partial charge >= 0.3 is 0 Å². The van der Waals surface area contributed by atoms with Gasteiger partial charge in [-0.1, -0.05) is 0 Å². The Bertz CT molecular complexity index is 986. The summed E-state index contributed by atoms with van der Waals surface area (Å²) >= 11 is 1.43. The van der Waals surface area contributed by atoms with E-state index in [1.807, 2.05) is 6.26 Å². The van der Waals surface area contributed by atoms with E-state index in [4.69, 9.17) is 4.74 Å². The number of thioether (sulfide) groups is 1. The van der Waals surface area contributed by atoms with Crippen LogP contribution in [0.3, 0.4) is 0 Å². The minimum absolute atomic E-state index is 0.0794. The summed E-state index contributed by atoms with van der Waals surface area (Å²) in [5.41, 5.74) is 0.917. The average Bonchev–Trinajstić information content (AvgIpc) is 2.70. The topological polar surface area (TPSA) is 87.7 Å². The van der Waals surface area contributed by atoms with E-state index in [2.05, 4.69) is 22.0 Å². The molecule has 0 saturated carbocycles. The van der Waals surface area contributed by atoms with E-state index in [-0.39, 0.29) is 16.9 Å². The fraction of sp³-hybridized carbons (Fsp3) is 0.381. The largest absolute Gasteiger partial charge is 0.490 e. The molecule has 2 aromatic rings. The third-order valence-electron chi connectivity index (χ3n) is 4.87. The first kappa shape index (κ1) is 22.5. The summed E-state index contributed by atoms with van der Waals surface area (Å²) in [5, 5.41) is 2.68. The van der Waals surface area contributed by atoms with Crippen molar-refractivity contribution in [2.45, 2.75) is 35.7 Å². The maximum absolute atomic E-state index is 12.8. The monoisotopic (exact) mass is 449 g/mol. The maximum atomic E-state index is 12.8.